The number of pyridine rings is 1. The molecule has 0 saturated heterocycles. The van der Waals surface area contributed by atoms with Gasteiger partial charge >= 0.3 is 0 Å². The van der Waals surface area contributed by atoms with Gasteiger partial charge in [-0.15, -0.1) is 0 Å². The largest absolute Gasteiger partial charge is 0.388 e. The van der Waals surface area contributed by atoms with Crippen molar-refractivity contribution < 1.29 is 9.18 Å². The molecule has 1 aromatic heterocycles. The molecule has 0 unspecified atom stereocenters. The van der Waals surface area contributed by atoms with E-state index in [1.165, 1.54) is 18.2 Å². The maximum Gasteiger partial charge on any atom is 0.247 e. The smallest absolute Gasteiger partial charge is 0.247 e. The van der Waals surface area contributed by atoms with E-state index >= 15 is 0 Å². The molecule has 0 aliphatic heterocycles. The van der Waals surface area contributed by atoms with E-state index in [4.69, 9.17) is 0 Å². The summed E-state index contributed by atoms with van der Waals surface area (Å²) in [5.74, 6) is -0.700. The van der Waals surface area contributed by atoms with Crippen molar-refractivity contribution in [3.8, 4) is 11.1 Å². The number of nitrogens with one attached hydrogen (secondary N) is 2. The lowest BCUT2D eigenvalue weighted by Crippen LogP contribution is -2.07. The van der Waals surface area contributed by atoms with Crippen molar-refractivity contribution in [2.75, 3.05) is 17.7 Å². The number of nitrogens with zero attached hydrogens (tertiary/aromatic N) is 1. The lowest BCUT2D eigenvalue weighted by Gasteiger charge is -2.10. The highest BCUT2D eigenvalue weighted by molar-refractivity contribution is 5.99. The first-order chi connectivity index (χ1) is 11.6. The van der Waals surface area contributed by atoms with Crippen LogP contribution >= 0.6 is 0 Å². The number of hydrogen-bond donors (Lipinski definition) is 2. The number of anilines is 2. The predicted molar refractivity (Wildman–Crippen MR) is 95.5 cm³/mol. The van der Waals surface area contributed by atoms with E-state index in [0.717, 1.165) is 16.6 Å². The Morgan fingerprint density at radius 3 is 2.79 bits per heavy atom. The Hall–Kier alpha value is -3.21. The zero-order valence-electron chi connectivity index (χ0n) is 13.1. The van der Waals surface area contributed by atoms with Crippen LogP contribution < -0.4 is 10.6 Å². The van der Waals surface area contributed by atoms with Gasteiger partial charge in [0.2, 0.25) is 5.91 Å². The molecule has 0 bridgehead atoms. The monoisotopic (exact) mass is 321 g/mol. The fourth-order valence-corrected chi connectivity index (χ4v) is 2.55. The molecule has 2 N–H and O–H groups in total. The minimum absolute atomic E-state index is 0.340. The summed E-state index contributed by atoms with van der Waals surface area (Å²) in [7, 11) is 1.83. The van der Waals surface area contributed by atoms with E-state index in [0.29, 0.717) is 16.8 Å². The van der Waals surface area contributed by atoms with Gasteiger partial charge in [-0.25, -0.2) is 4.39 Å². The molecule has 0 spiro atoms. The Bertz CT molecular complexity index is 937. The highest BCUT2D eigenvalue weighted by atomic mass is 19.1. The van der Waals surface area contributed by atoms with E-state index in [1.54, 1.807) is 12.3 Å². The van der Waals surface area contributed by atoms with Crippen molar-refractivity contribution in [2.24, 2.45) is 0 Å². The van der Waals surface area contributed by atoms with Gasteiger partial charge in [-0.05, 0) is 48.0 Å². The van der Waals surface area contributed by atoms with Crippen molar-refractivity contribution in [3.05, 3.63) is 67.1 Å². The summed E-state index contributed by atoms with van der Waals surface area (Å²) in [5.41, 5.74) is 3.36. The highest BCUT2D eigenvalue weighted by Gasteiger charge is 2.10. The van der Waals surface area contributed by atoms with Crippen LogP contribution in [0, 0.1) is 5.82 Å². The number of carbonyl (C=O) groups excluding carboxylic acids is 1. The van der Waals surface area contributed by atoms with Crippen LogP contribution in [0.25, 0.3) is 22.0 Å². The van der Waals surface area contributed by atoms with Gasteiger partial charge in [-0.2, -0.15) is 0 Å². The number of amides is 1. The molecule has 4 nitrogen and oxygen atoms in total. The Labute approximate surface area is 139 Å². The van der Waals surface area contributed by atoms with Crippen LogP contribution in [-0.4, -0.2) is 17.9 Å². The first-order valence-corrected chi connectivity index (χ1v) is 7.42. The molecule has 2 aromatic carbocycles. The summed E-state index contributed by atoms with van der Waals surface area (Å²) in [6.45, 7) is 3.41. The number of hydrogen-bond acceptors (Lipinski definition) is 3. The number of aromatic nitrogens is 1. The quantitative estimate of drug-likeness (QED) is 0.708. The highest BCUT2D eigenvalue weighted by Crippen LogP contribution is 2.31. The van der Waals surface area contributed by atoms with Crippen molar-refractivity contribution in [1.29, 1.82) is 0 Å². The maximum absolute atomic E-state index is 14.3. The van der Waals surface area contributed by atoms with Gasteiger partial charge < -0.3 is 10.6 Å². The normalized spacial score (nSPS) is 10.4. The Kier molecular flexibility index (Phi) is 4.24. The van der Waals surface area contributed by atoms with Crippen LogP contribution in [0.5, 0.6) is 0 Å². The molecule has 3 aromatic rings. The zero-order chi connectivity index (χ0) is 17.1. The van der Waals surface area contributed by atoms with Gasteiger partial charge in [0.15, 0.2) is 0 Å². The SMILES string of the molecule is C=CC(=O)Nc1ccc(F)c(-c2ccc3nccc(NC)c3c2)c1. The summed E-state index contributed by atoms with van der Waals surface area (Å²) in [5, 5.41) is 6.65. The van der Waals surface area contributed by atoms with Gasteiger partial charge in [0.25, 0.3) is 0 Å². The number of halogens is 1. The zero-order valence-corrected chi connectivity index (χ0v) is 13.1. The predicted octanol–water partition coefficient (Wildman–Crippen LogP) is 4.21. The van der Waals surface area contributed by atoms with Crippen molar-refractivity contribution in [1.82, 2.24) is 4.98 Å². The van der Waals surface area contributed by atoms with Crippen LogP contribution in [0.2, 0.25) is 0 Å². The van der Waals surface area contributed by atoms with Crippen molar-refractivity contribution >= 4 is 28.2 Å². The van der Waals surface area contributed by atoms with Gasteiger partial charge in [-0.1, -0.05) is 12.6 Å². The van der Waals surface area contributed by atoms with E-state index < -0.39 is 0 Å². The van der Waals surface area contributed by atoms with Crippen LogP contribution in [0.1, 0.15) is 0 Å². The molecule has 5 heteroatoms. The van der Waals surface area contributed by atoms with E-state index in [1.807, 2.05) is 31.3 Å². The summed E-state index contributed by atoms with van der Waals surface area (Å²) >= 11 is 0. The fourth-order valence-electron chi connectivity index (χ4n) is 2.55. The molecule has 1 amide bonds. The molecule has 3 rings (SSSR count). The Morgan fingerprint density at radius 2 is 2.04 bits per heavy atom. The third-order valence-corrected chi connectivity index (χ3v) is 3.74. The number of fused-ring (bicyclic) bond motifs is 1. The molecule has 0 fully saturated rings. The Morgan fingerprint density at radius 1 is 1.21 bits per heavy atom. The topological polar surface area (TPSA) is 54.0 Å². The number of rotatable bonds is 4. The second kappa shape index (κ2) is 6.50. The molecule has 0 aliphatic carbocycles. The first-order valence-electron chi connectivity index (χ1n) is 7.42. The molecular formula is C19H16FN3O. The molecule has 120 valence electrons. The lowest BCUT2D eigenvalue weighted by atomic mass is 10.0. The molecule has 0 aliphatic rings. The third kappa shape index (κ3) is 2.96. The summed E-state index contributed by atoms with van der Waals surface area (Å²) < 4.78 is 14.3. The molecule has 0 saturated carbocycles. The molecule has 1 heterocycles. The average molecular weight is 321 g/mol. The summed E-state index contributed by atoms with van der Waals surface area (Å²) in [4.78, 5) is 15.7. The minimum atomic E-state index is -0.360. The van der Waals surface area contributed by atoms with E-state index in [9.17, 15) is 9.18 Å². The minimum Gasteiger partial charge on any atom is -0.388 e. The second-order valence-corrected chi connectivity index (χ2v) is 5.23. The van der Waals surface area contributed by atoms with Gasteiger partial charge in [0, 0.05) is 35.6 Å². The standard InChI is InChI=1S/C19H16FN3O/c1-3-19(24)23-13-5-6-16(20)14(11-13)12-4-7-18-15(10-12)17(21-2)8-9-22-18/h3-11H,1H2,2H3,(H,21,22)(H,23,24). The maximum atomic E-state index is 14.3. The molecule has 24 heavy (non-hydrogen) atoms. The van der Waals surface area contributed by atoms with E-state index in [-0.39, 0.29) is 11.7 Å². The van der Waals surface area contributed by atoms with Crippen molar-refractivity contribution in [2.45, 2.75) is 0 Å². The third-order valence-electron chi connectivity index (χ3n) is 3.74. The summed E-state index contributed by atoms with van der Waals surface area (Å²) in [6, 6.07) is 11.9. The van der Waals surface area contributed by atoms with E-state index in [2.05, 4.69) is 22.2 Å². The van der Waals surface area contributed by atoms with Crippen LogP contribution in [0.3, 0.4) is 0 Å². The van der Waals surface area contributed by atoms with Crippen LogP contribution in [0.15, 0.2) is 61.3 Å². The molecular weight excluding hydrogens is 305 g/mol. The average Bonchev–Trinajstić information content (AvgIpc) is 2.62. The second-order valence-electron chi connectivity index (χ2n) is 5.23. The summed E-state index contributed by atoms with van der Waals surface area (Å²) in [6.07, 6.45) is 2.89. The van der Waals surface area contributed by atoms with Crippen LogP contribution in [0.4, 0.5) is 15.8 Å². The van der Waals surface area contributed by atoms with Gasteiger partial charge in [-0.3, -0.25) is 9.78 Å². The lowest BCUT2D eigenvalue weighted by molar-refractivity contribution is -0.111. The van der Waals surface area contributed by atoms with Gasteiger partial charge in [0.05, 0.1) is 5.52 Å². The molecule has 0 atom stereocenters. The first kappa shape index (κ1) is 15.7. The Balaban J connectivity index is 2.11. The number of carbonyl (C=O) groups is 1. The van der Waals surface area contributed by atoms with Crippen LogP contribution in [-0.2, 0) is 4.79 Å². The molecule has 0 radical (unpaired) electrons. The number of benzene rings is 2. The van der Waals surface area contributed by atoms with Crippen molar-refractivity contribution in [3.63, 3.8) is 0 Å². The van der Waals surface area contributed by atoms with Gasteiger partial charge in [0.1, 0.15) is 5.82 Å². The fraction of sp³-hybridized carbons (Fsp3) is 0.0526.